The Balaban J connectivity index is 2.75. The minimum absolute atomic E-state index is 0.0422. The molecule has 0 bridgehead atoms. The van der Waals surface area contributed by atoms with Crippen LogP contribution in [-0.2, 0) is 19.6 Å². The number of benzene rings is 1. The van der Waals surface area contributed by atoms with E-state index in [0.29, 0.717) is 11.3 Å². The van der Waals surface area contributed by atoms with Crippen LogP contribution in [0.15, 0.2) is 23.1 Å². The van der Waals surface area contributed by atoms with Gasteiger partial charge in [-0.2, -0.15) is 0 Å². The molecule has 1 rings (SSSR count). The molecule has 0 radical (unpaired) electrons. The lowest BCUT2D eigenvalue weighted by molar-refractivity contribution is -0.125. The number of anilines is 1. The molecule has 0 aliphatic heterocycles. The standard InChI is InChI=1S/C15H24N4O4S/c1-9(2)14(16)15(21)18-8-13(20)19-11-6-5-10(3)12(7-11)24(22,23)17-4/h5-7,9,14,17H,8,16H2,1-4H3,(H,18,21)(H,19,20)/t14-/m0/s1. The first-order valence-corrected chi connectivity index (χ1v) is 8.94. The predicted molar refractivity (Wildman–Crippen MR) is 91.9 cm³/mol. The SMILES string of the molecule is CNS(=O)(=O)c1cc(NC(=O)CNC(=O)[C@@H](N)C(C)C)ccc1C. The van der Waals surface area contributed by atoms with Gasteiger partial charge in [-0.3, -0.25) is 9.59 Å². The summed E-state index contributed by atoms with van der Waals surface area (Å²) < 4.78 is 26.1. The number of nitrogens with two attached hydrogens (primary N) is 1. The highest BCUT2D eigenvalue weighted by Crippen LogP contribution is 2.19. The summed E-state index contributed by atoms with van der Waals surface area (Å²) in [6.07, 6.45) is 0. The number of sulfonamides is 1. The monoisotopic (exact) mass is 356 g/mol. The molecule has 134 valence electrons. The molecule has 0 aromatic heterocycles. The highest BCUT2D eigenvalue weighted by atomic mass is 32.2. The van der Waals surface area contributed by atoms with Crippen molar-refractivity contribution >= 4 is 27.5 Å². The van der Waals surface area contributed by atoms with Crippen molar-refractivity contribution in [1.82, 2.24) is 10.0 Å². The number of rotatable bonds is 7. The maximum Gasteiger partial charge on any atom is 0.243 e. The van der Waals surface area contributed by atoms with Crippen molar-refractivity contribution in [2.75, 3.05) is 18.9 Å². The molecule has 0 aliphatic rings. The van der Waals surface area contributed by atoms with E-state index in [-0.39, 0.29) is 17.4 Å². The Kier molecular flexibility index (Phi) is 6.88. The summed E-state index contributed by atoms with van der Waals surface area (Å²) in [6.45, 7) is 5.02. The van der Waals surface area contributed by atoms with Crippen LogP contribution in [0.4, 0.5) is 5.69 Å². The molecule has 2 amide bonds. The first-order chi connectivity index (χ1) is 11.1. The zero-order valence-corrected chi connectivity index (χ0v) is 15.0. The van der Waals surface area contributed by atoms with Gasteiger partial charge >= 0.3 is 0 Å². The highest BCUT2D eigenvalue weighted by Gasteiger charge is 2.18. The Labute approximate surface area is 142 Å². The third kappa shape index (κ3) is 5.29. The Morgan fingerprint density at radius 3 is 2.42 bits per heavy atom. The van der Waals surface area contributed by atoms with Crippen LogP contribution in [0.5, 0.6) is 0 Å². The molecule has 0 spiro atoms. The van der Waals surface area contributed by atoms with Crippen molar-refractivity contribution in [3.63, 3.8) is 0 Å². The van der Waals surface area contributed by atoms with E-state index >= 15 is 0 Å². The Bertz CT molecular complexity index is 716. The van der Waals surface area contributed by atoms with E-state index < -0.39 is 27.9 Å². The number of hydrogen-bond donors (Lipinski definition) is 4. The number of carbonyl (C=O) groups excluding carboxylic acids is 2. The van der Waals surface area contributed by atoms with Gasteiger partial charge in [-0.15, -0.1) is 0 Å². The van der Waals surface area contributed by atoms with Crippen molar-refractivity contribution in [3.8, 4) is 0 Å². The van der Waals surface area contributed by atoms with Crippen molar-refractivity contribution in [2.45, 2.75) is 31.7 Å². The summed E-state index contributed by atoms with van der Waals surface area (Å²) in [5, 5.41) is 4.99. The van der Waals surface area contributed by atoms with Crippen molar-refractivity contribution in [1.29, 1.82) is 0 Å². The Hall–Kier alpha value is -1.97. The Morgan fingerprint density at radius 2 is 1.88 bits per heavy atom. The molecule has 9 heteroatoms. The fraction of sp³-hybridized carbons (Fsp3) is 0.467. The Morgan fingerprint density at radius 1 is 1.25 bits per heavy atom. The fourth-order valence-corrected chi connectivity index (χ4v) is 2.86. The van der Waals surface area contributed by atoms with Gasteiger partial charge in [-0.1, -0.05) is 19.9 Å². The van der Waals surface area contributed by atoms with E-state index in [4.69, 9.17) is 5.73 Å². The van der Waals surface area contributed by atoms with Crippen LogP contribution in [0.1, 0.15) is 19.4 Å². The van der Waals surface area contributed by atoms with Crippen LogP contribution in [-0.4, -0.2) is 39.9 Å². The maximum atomic E-state index is 11.9. The highest BCUT2D eigenvalue weighted by molar-refractivity contribution is 7.89. The van der Waals surface area contributed by atoms with Crippen LogP contribution in [0.3, 0.4) is 0 Å². The number of hydrogen-bond acceptors (Lipinski definition) is 5. The molecule has 0 fully saturated rings. The van der Waals surface area contributed by atoms with E-state index in [1.54, 1.807) is 32.9 Å². The number of carbonyl (C=O) groups is 2. The summed E-state index contributed by atoms with van der Waals surface area (Å²) in [5.41, 5.74) is 6.56. The van der Waals surface area contributed by atoms with Gasteiger partial charge in [-0.05, 0) is 37.6 Å². The fourth-order valence-electron chi connectivity index (χ4n) is 1.87. The van der Waals surface area contributed by atoms with Gasteiger partial charge in [-0.25, -0.2) is 13.1 Å². The average molecular weight is 356 g/mol. The second kappa shape index (κ2) is 8.22. The zero-order valence-electron chi connectivity index (χ0n) is 14.2. The lowest BCUT2D eigenvalue weighted by Crippen LogP contribution is -2.46. The lowest BCUT2D eigenvalue weighted by Gasteiger charge is -2.15. The van der Waals surface area contributed by atoms with E-state index in [1.807, 2.05) is 0 Å². The number of amides is 2. The van der Waals surface area contributed by atoms with Gasteiger partial charge in [0.2, 0.25) is 21.8 Å². The molecule has 0 saturated carbocycles. The average Bonchev–Trinajstić information content (AvgIpc) is 2.53. The molecule has 24 heavy (non-hydrogen) atoms. The molecule has 1 atom stereocenters. The normalized spacial score (nSPS) is 12.8. The van der Waals surface area contributed by atoms with Gasteiger partial charge in [0, 0.05) is 5.69 Å². The second-order valence-corrected chi connectivity index (χ2v) is 7.58. The molecule has 0 heterocycles. The van der Waals surface area contributed by atoms with Gasteiger partial charge < -0.3 is 16.4 Å². The van der Waals surface area contributed by atoms with Crippen molar-refractivity contribution < 1.29 is 18.0 Å². The van der Waals surface area contributed by atoms with E-state index in [0.717, 1.165) is 0 Å². The van der Waals surface area contributed by atoms with Crippen molar-refractivity contribution in [3.05, 3.63) is 23.8 Å². The first-order valence-electron chi connectivity index (χ1n) is 7.46. The van der Waals surface area contributed by atoms with Crippen molar-refractivity contribution in [2.24, 2.45) is 11.7 Å². The number of aryl methyl sites for hydroxylation is 1. The second-order valence-electron chi connectivity index (χ2n) is 5.72. The quantitative estimate of drug-likeness (QED) is 0.544. The molecule has 1 aromatic carbocycles. The summed E-state index contributed by atoms with van der Waals surface area (Å²) in [4.78, 5) is 23.7. The van der Waals surface area contributed by atoms with Crippen LogP contribution in [0.25, 0.3) is 0 Å². The zero-order chi connectivity index (χ0) is 18.5. The largest absolute Gasteiger partial charge is 0.346 e. The maximum absolute atomic E-state index is 11.9. The van der Waals surface area contributed by atoms with E-state index in [9.17, 15) is 18.0 Å². The van der Waals surface area contributed by atoms with Crippen LogP contribution < -0.4 is 21.1 Å². The van der Waals surface area contributed by atoms with Crippen LogP contribution in [0, 0.1) is 12.8 Å². The summed E-state index contributed by atoms with van der Waals surface area (Å²) in [5.74, 6) is -0.932. The van der Waals surface area contributed by atoms with Crippen LogP contribution >= 0.6 is 0 Å². The first kappa shape index (κ1) is 20.1. The third-order valence-corrected chi connectivity index (χ3v) is 5.03. The molecule has 8 nitrogen and oxygen atoms in total. The van der Waals surface area contributed by atoms with E-state index in [1.165, 1.54) is 13.1 Å². The summed E-state index contributed by atoms with van der Waals surface area (Å²) in [7, 11) is -2.31. The smallest absolute Gasteiger partial charge is 0.243 e. The van der Waals surface area contributed by atoms with Gasteiger partial charge in [0.05, 0.1) is 17.5 Å². The molecule has 0 saturated heterocycles. The van der Waals surface area contributed by atoms with Crippen LogP contribution in [0.2, 0.25) is 0 Å². The third-order valence-electron chi connectivity index (χ3n) is 3.47. The molecular weight excluding hydrogens is 332 g/mol. The molecular formula is C15H24N4O4S. The molecule has 1 aromatic rings. The lowest BCUT2D eigenvalue weighted by atomic mass is 10.1. The molecule has 5 N–H and O–H groups in total. The molecule has 0 aliphatic carbocycles. The number of nitrogens with one attached hydrogen (secondary N) is 3. The minimum Gasteiger partial charge on any atom is -0.346 e. The van der Waals surface area contributed by atoms with Gasteiger partial charge in [0.1, 0.15) is 0 Å². The summed E-state index contributed by atoms with van der Waals surface area (Å²) in [6, 6.07) is 3.85. The minimum atomic E-state index is -3.62. The predicted octanol–water partition coefficient (Wildman–Crippen LogP) is -0.0589. The van der Waals surface area contributed by atoms with Gasteiger partial charge in [0.15, 0.2) is 0 Å². The van der Waals surface area contributed by atoms with E-state index in [2.05, 4.69) is 15.4 Å². The van der Waals surface area contributed by atoms with Gasteiger partial charge in [0.25, 0.3) is 0 Å². The molecule has 0 unspecified atom stereocenters. The topological polar surface area (TPSA) is 130 Å². The summed E-state index contributed by atoms with van der Waals surface area (Å²) >= 11 is 0.